The number of hydrogen-bond donors (Lipinski definition) is 4. The van der Waals surface area contributed by atoms with Crippen molar-refractivity contribution in [3.63, 3.8) is 0 Å². The van der Waals surface area contributed by atoms with Crippen LogP contribution in [0.3, 0.4) is 0 Å². The number of anilines is 2. The molecule has 10 rings (SSSR count). The molecule has 18 heteroatoms. The smallest absolute Gasteiger partial charge is 0.293 e. The van der Waals surface area contributed by atoms with E-state index in [0.717, 1.165) is 63.6 Å². The van der Waals surface area contributed by atoms with Crippen LogP contribution in [0, 0.1) is 27.3 Å². The van der Waals surface area contributed by atoms with Crippen LogP contribution in [0.15, 0.2) is 77.8 Å². The highest BCUT2D eigenvalue weighted by atomic mass is 32.2. The summed E-state index contributed by atoms with van der Waals surface area (Å²) in [6.07, 6.45) is 9.13. The lowest BCUT2D eigenvalue weighted by molar-refractivity contribution is -0.384. The number of nitrogens with one attached hydrogen (secondary N) is 3. The van der Waals surface area contributed by atoms with Gasteiger partial charge < -0.3 is 34.5 Å². The number of rotatable bonds is 15. The number of nitro groups is 1. The van der Waals surface area contributed by atoms with E-state index in [2.05, 4.69) is 67.9 Å². The molecule has 5 fully saturated rings. The van der Waals surface area contributed by atoms with E-state index in [-0.39, 0.29) is 57.1 Å². The first-order valence-corrected chi connectivity index (χ1v) is 26.2. The van der Waals surface area contributed by atoms with Gasteiger partial charge in [-0.25, -0.2) is 17.5 Å². The largest absolute Gasteiger partial charge is 0.467 e. The number of likely N-dealkylation sites (tertiary alicyclic amines) is 1. The molecule has 4 N–H and O–H groups in total. The summed E-state index contributed by atoms with van der Waals surface area (Å²) in [6, 6.07) is 19.3. The summed E-state index contributed by atoms with van der Waals surface area (Å²) in [4.78, 5) is 37.6. The average molecular weight is 980 g/mol. The highest BCUT2D eigenvalue weighted by Crippen LogP contribution is 2.49. The molecular weight excluding hydrogens is 918 g/mol. The number of fused-ring (bicyclic) bond motifs is 1. The van der Waals surface area contributed by atoms with Crippen molar-refractivity contribution in [2.24, 2.45) is 11.3 Å². The number of pyridine rings is 1. The van der Waals surface area contributed by atoms with Crippen LogP contribution in [0.2, 0.25) is 0 Å². The van der Waals surface area contributed by atoms with Crippen LogP contribution >= 0.6 is 0 Å². The summed E-state index contributed by atoms with van der Waals surface area (Å²) < 4.78 is 62.9. The molecule has 0 bridgehead atoms. The highest BCUT2D eigenvalue weighted by Gasteiger charge is 2.49. The van der Waals surface area contributed by atoms with Crippen molar-refractivity contribution >= 4 is 44.0 Å². The Morgan fingerprint density at radius 3 is 2.49 bits per heavy atom. The zero-order chi connectivity index (χ0) is 49.0. The molecule has 5 aromatic rings. The van der Waals surface area contributed by atoms with Gasteiger partial charge in [-0.15, -0.1) is 0 Å². The Kier molecular flexibility index (Phi) is 13.0. The molecule has 16 nitrogen and oxygen atoms in total. The van der Waals surface area contributed by atoms with E-state index in [1.54, 1.807) is 19.1 Å². The van der Waals surface area contributed by atoms with E-state index >= 15 is 4.39 Å². The second-order valence-electron chi connectivity index (χ2n) is 20.9. The molecule has 2 aromatic heterocycles. The summed E-state index contributed by atoms with van der Waals surface area (Å²) in [6.45, 7) is 11.0. The van der Waals surface area contributed by atoms with Gasteiger partial charge in [0.25, 0.3) is 27.5 Å². The Bertz CT molecular complexity index is 2880. The molecule has 5 heterocycles. The van der Waals surface area contributed by atoms with Gasteiger partial charge in [-0.05, 0) is 117 Å². The predicted octanol–water partition coefficient (Wildman–Crippen LogP) is 9.01. The summed E-state index contributed by atoms with van der Waals surface area (Å²) in [5.41, 5.74) is 2.90. The van der Waals surface area contributed by atoms with Gasteiger partial charge in [0.1, 0.15) is 29.0 Å². The minimum absolute atomic E-state index is 0.00216. The van der Waals surface area contributed by atoms with Crippen LogP contribution in [0.5, 0.6) is 17.4 Å². The van der Waals surface area contributed by atoms with E-state index < -0.39 is 42.9 Å². The number of carbonyl (C=O) groups is 1. The molecule has 0 unspecified atom stereocenters. The number of aliphatic hydroxyl groups is 1. The van der Waals surface area contributed by atoms with Gasteiger partial charge in [-0.2, -0.15) is 4.98 Å². The maximum absolute atomic E-state index is 15.0. The van der Waals surface area contributed by atoms with Gasteiger partial charge in [-0.3, -0.25) is 19.8 Å². The number of aromatic nitrogens is 2. The van der Waals surface area contributed by atoms with E-state index in [4.69, 9.17) is 14.2 Å². The van der Waals surface area contributed by atoms with Crippen molar-refractivity contribution in [1.82, 2.24) is 19.6 Å². The first-order valence-electron chi connectivity index (χ1n) is 24.7. The summed E-state index contributed by atoms with van der Waals surface area (Å²) in [5, 5.41) is 25.8. The van der Waals surface area contributed by atoms with E-state index in [0.29, 0.717) is 50.5 Å². The minimum atomic E-state index is -4.68. The summed E-state index contributed by atoms with van der Waals surface area (Å²) >= 11 is 0. The third-order valence-electron chi connectivity index (χ3n) is 15.6. The van der Waals surface area contributed by atoms with Crippen molar-refractivity contribution in [2.75, 3.05) is 56.2 Å². The fraction of sp³-hybridized carbons (Fsp3) is 0.500. The Hall–Kier alpha value is -5.82. The fourth-order valence-corrected chi connectivity index (χ4v) is 12.4. The van der Waals surface area contributed by atoms with Crippen molar-refractivity contribution in [2.45, 2.75) is 113 Å². The number of nitro benzene ring substituents is 1. The van der Waals surface area contributed by atoms with Crippen LogP contribution in [0.4, 0.5) is 21.5 Å². The molecule has 70 heavy (non-hydrogen) atoms. The van der Waals surface area contributed by atoms with E-state index in [9.17, 15) is 28.4 Å². The zero-order valence-corrected chi connectivity index (χ0v) is 40.7. The highest BCUT2D eigenvalue weighted by molar-refractivity contribution is 7.90. The first kappa shape index (κ1) is 47.8. The quantitative estimate of drug-likeness (QED) is 0.0573. The number of H-pyrrole nitrogens is 1. The normalized spacial score (nSPS) is 23.8. The maximum atomic E-state index is 15.0. The van der Waals surface area contributed by atoms with Crippen molar-refractivity contribution in [3.8, 4) is 17.4 Å². The molecule has 3 aromatic carbocycles. The maximum Gasteiger partial charge on any atom is 0.293 e. The Morgan fingerprint density at radius 2 is 1.77 bits per heavy atom. The molecule has 2 atom stereocenters. The number of benzene rings is 3. The van der Waals surface area contributed by atoms with Crippen LogP contribution < -0.4 is 24.4 Å². The molecule has 3 saturated heterocycles. The lowest BCUT2D eigenvalue weighted by atomic mass is 9.70. The van der Waals surface area contributed by atoms with Crippen molar-refractivity contribution < 1.29 is 41.8 Å². The van der Waals surface area contributed by atoms with Crippen molar-refractivity contribution in [1.29, 1.82) is 0 Å². The van der Waals surface area contributed by atoms with Crippen LogP contribution in [0.25, 0.3) is 11.0 Å². The van der Waals surface area contributed by atoms with E-state index in [1.165, 1.54) is 60.9 Å². The Labute approximate surface area is 407 Å². The van der Waals surface area contributed by atoms with Gasteiger partial charge in [0.15, 0.2) is 5.75 Å². The first-order chi connectivity index (χ1) is 33.5. The molecule has 2 saturated carbocycles. The van der Waals surface area contributed by atoms with Crippen LogP contribution in [0.1, 0.15) is 112 Å². The van der Waals surface area contributed by atoms with E-state index in [1.807, 2.05) is 0 Å². The second-order valence-corrected chi connectivity index (χ2v) is 22.5. The minimum Gasteiger partial charge on any atom is -0.467 e. The molecule has 1 amide bonds. The molecule has 1 spiro atoms. The SMILES string of the molecule is CC(C)c1ccccc1[C@H]1CCC[C@H]1N1CC2(CCN(c3ccc(C(=O)NS(=O)(=O)c4ccc(NC[C@H]5CC[C@](C)(O)CC5)c([N+](=O)[O-])c4)c(Oc4cc5c(F)c[nH]c5nc4OC4COC4)c3)CC2)C1. The van der Waals surface area contributed by atoms with Gasteiger partial charge in [-0.1, -0.05) is 44.5 Å². The number of aromatic amines is 1. The fourth-order valence-electron chi connectivity index (χ4n) is 11.4. The number of amides is 1. The Morgan fingerprint density at radius 1 is 1.01 bits per heavy atom. The van der Waals surface area contributed by atoms with Gasteiger partial charge >= 0.3 is 0 Å². The third kappa shape index (κ3) is 9.79. The number of piperidine rings is 1. The third-order valence-corrected chi connectivity index (χ3v) is 16.9. The number of halogens is 1. The number of hydrogen-bond acceptors (Lipinski definition) is 13. The van der Waals surface area contributed by atoms with Crippen LogP contribution in [-0.2, 0) is 14.8 Å². The average Bonchev–Trinajstić information content (AvgIpc) is 3.95. The monoisotopic (exact) mass is 979 g/mol. The number of ether oxygens (including phenoxy) is 3. The van der Waals surface area contributed by atoms with Crippen molar-refractivity contribution in [3.05, 3.63) is 106 Å². The summed E-state index contributed by atoms with van der Waals surface area (Å²) in [7, 11) is -4.68. The molecular formula is C52H62FN7O9S. The lowest BCUT2D eigenvalue weighted by Crippen LogP contribution is -2.63. The summed E-state index contributed by atoms with van der Waals surface area (Å²) in [5.74, 6) is -0.454. The second kappa shape index (κ2) is 19.1. The number of carbonyl (C=O) groups excluding carboxylic acids is 1. The molecule has 372 valence electrons. The predicted molar refractivity (Wildman–Crippen MR) is 263 cm³/mol. The molecule has 3 aliphatic heterocycles. The number of sulfonamides is 1. The van der Waals surface area contributed by atoms with Crippen LogP contribution in [-0.4, -0.2) is 103 Å². The van der Waals surface area contributed by atoms with Gasteiger partial charge in [0, 0.05) is 68.8 Å². The molecule has 5 aliphatic rings. The van der Waals surface area contributed by atoms with Gasteiger partial charge in [0.05, 0.1) is 39.6 Å². The standard InChI is InChI=1S/C52H62FN7O9S/c1-32(2)37-7-4-5-8-38(37)39-9-6-10-44(39)59-30-52(31-59)19-21-58(22-20-52)34-11-13-40(46(23-34)69-47-25-41-42(53)27-55-48(41)56-50(47)68-35-28-67-29-35)49(61)57-70(65,66)36-12-14-43(45(24-36)60(63)64)54-26-33-15-17-51(3,62)18-16-33/h4-5,7-8,11-14,23-25,27,32-33,35,39,44,54,62H,6,9-10,15-22,26,28-31H2,1-3H3,(H,55,56)(H,57,61)/t33-,39-,44-,51-/m1/s1. The Balaban J connectivity index is 0.883. The lowest BCUT2D eigenvalue weighted by Gasteiger charge is -2.57. The topological polar surface area (TPSA) is 201 Å². The molecule has 2 aliphatic carbocycles. The zero-order valence-electron chi connectivity index (χ0n) is 39.9. The number of nitrogens with zero attached hydrogens (tertiary/aromatic N) is 4. The van der Waals surface area contributed by atoms with Gasteiger partial charge in [0.2, 0.25) is 0 Å². The molecule has 0 radical (unpaired) electrons.